The van der Waals surface area contributed by atoms with Gasteiger partial charge in [0.05, 0.1) is 46.4 Å². The van der Waals surface area contributed by atoms with Crippen molar-refractivity contribution in [3.8, 4) is 11.8 Å². The molecule has 1 aliphatic heterocycles. The fraction of sp³-hybridized carbons (Fsp3) is 0.350. The summed E-state index contributed by atoms with van der Waals surface area (Å²) in [5, 5.41) is 17.9. The van der Waals surface area contributed by atoms with Crippen molar-refractivity contribution in [1.82, 2.24) is 25.1 Å². The highest BCUT2D eigenvalue weighted by Gasteiger charge is 2.34. The second-order valence-electron chi connectivity index (χ2n) is 7.05. The number of aromatic nitrogens is 4. The van der Waals surface area contributed by atoms with E-state index in [-0.39, 0.29) is 23.2 Å². The Balaban J connectivity index is 1.95. The van der Waals surface area contributed by atoms with Crippen LogP contribution in [0.3, 0.4) is 0 Å². The quantitative estimate of drug-likeness (QED) is 0.615. The standard InChI is InChI=1S/C20H20ClN7O3/c1-4-30-17-11(5-13(21)12(6-22)16(17)14-7-24-20(29)31-14)10(3)28-19-15(9(2)27-28)18(23)25-8-26-19/h5,8,10,14H,4,7H2,1-3H3,(H,24,29)(H2,23,25,26). The molecule has 3 N–H and O–H groups in total. The molecule has 1 aromatic carbocycles. The van der Waals surface area contributed by atoms with Crippen LogP contribution in [0.4, 0.5) is 10.6 Å². The van der Waals surface area contributed by atoms with Gasteiger partial charge in [0.1, 0.15) is 24.0 Å². The molecule has 10 nitrogen and oxygen atoms in total. The van der Waals surface area contributed by atoms with E-state index in [4.69, 9.17) is 26.8 Å². The van der Waals surface area contributed by atoms with Gasteiger partial charge in [-0.25, -0.2) is 19.4 Å². The number of cyclic esters (lactones) is 1. The van der Waals surface area contributed by atoms with Gasteiger partial charge in [-0.1, -0.05) is 11.6 Å². The van der Waals surface area contributed by atoms with E-state index in [1.165, 1.54) is 6.33 Å². The van der Waals surface area contributed by atoms with Gasteiger partial charge >= 0.3 is 6.09 Å². The maximum atomic E-state index is 11.7. The van der Waals surface area contributed by atoms with Crippen molar-refractivity contribution in [2.75, 3.05) is 18.9 Å². The second kappa shape index (κ2) is 7.92. The number of aryl methyl sites for hydroxylation is 1. The summed E-state index contributed by atoms with van der Waals surface area (Å²) in [5.74, 6) is 0.772. The number of hydrogen-bond donors (Lipinski definition) is 2. The topological polar surface area (TPSA) is 141 Å². The van der Waals surface area contributed by atoms with E-state index in [0.29, 0.717) is 46.0 Å². The zero-order valence-corrected chi connectivity index (χ0v) is 17.9. The van der Waals surface area contributed by atoms with E-state index in [9.17, 15) is 10.1 Å². The van der Waals surface area contributed by atoms with Gasteiger partial charge in [-0.3, -0.25) is 0 Å². The maximum absolute atomic E-state index is 11.7. The van der Waals surface area contributed by atoms with E-state index < -0.39 is 12.2 Å². The van der Waals surface area contributed by atoms with Crippen LogP contribution in [0.25, 0.3) is 11.0 Å². The molecule has 1 saturated heterocycles. The Morgan fingerprint density at radius 2 is 2.29 bits per heavy atom. The number of nitriles is 1. The van der Waals surface area contributed by atoms with Crippen LogP contribution in [0.15, 0.2) is 12.4 Å². The zero-order chi connectivity index (χ0) is 22.3. The number of nitrogens with one attached hydrogen (secondary N) is 1. The van der Waals surface area contributed by atoms with Crippen molar-refractivity contribution >= 4 is 34.5 Å². The van der Waals surface area contributed by atoms with Crippen LogP contribution >= 0.6 is 11.6 Å². The largest absolute Gasteiger partial charge is 0.493 e. The third-order valence-electron chi connectivity index (χ3n) is 5.21. The minimum Gasteiger partial charge on any atom is -0.493 e. The summed E-state index contributed by atoms with van der Waals surface area (Å²) in [6.07, 6.45) is 0.112. The highest BCUT2D eigenvalue weighted by molar-refractivity contribution is 6.32. The number of nitrogen functional groups attached to an aromatic ring is 1. The van der Waals surface area contributed by atoms with Gasteiger partial charge < -0.3 is 20.5 Å². The Bertz CT molecular complexity index is 1230. The highest BCUT2D eigenvalue weighted by Crippen LogP contribution is 2.43. The first-order valence-electron chi connectivity index (χ1n) is 9.66. The number of carbonyl (C=O) groups excluding carboxylic acids is 1. The first-order chi connectivity index (χ1) is 14.9. The van der Waals surface area contributed by atoms with Crippen LogP contribution in [0, 0.1) is 18.3 Å². The molecule has 2 unspecified atom stereocenters. The van der Waals surface area contributed by atoms with Gasteiger partial charge in [0, 0.05) is 5.56 Å². The summed E-state index contributed by atoms with van der Waals surface area (Å²) in [4.78, 5) is 20.1. The third-order valence-corrected chi connectivity index (χ3v) is 5.51. The fourth-order valence-electron chi connectivity index (χ4n) is 3.83. The summed E-state index contributed by atoms with van der Waals surface area (Å²) < 4.78 is 13.0. The van der Waals surface area contributed by atoms with Crippen LogP contribution < -0.4 is 15.8 Å². The molecule has 2 atom stereocenters. The molecule has 0 spiro atoms. The number of halogens is 1. The first kappa shape index (κ1) is 20.7. The van der Waals surface area contributed by atoms with Crippen molar-refractivity contribution in [2.45, 2.75) is 32.9 Å². The second-order valence-corrected chi connectivity index (χ2v) is 7.46. The van der Waals surface area contributed by atoms with Gasteiger partial charge in [0.25, 0.3) is 0 Å². The van der Waals surface area contributed by atoms with Crippen molar-refractivity contribution < 1.29 is 14.3 Å². The van der Waals surface area contributed by atoms with Crippen LogP contribution in [-0.4, -0.2) is 39.0 Å². The minimum atomic E-state index is -0.706. The smallest absolute Gasteiger partial charge is 0.407 e. The molecule has 0 aliphatic carbocycles. The number of ether oxygens (including phenoxy) is 2. The Morgan fingerprint density at radius 1 is 1.52 bits per heavy atom. The summed E-state index contributed by atoms with van der Waals surface area (Å²) in [6, 6.07) is 3.40. The average molecular weight is 442 g/mol. The number of fused-ring (bicyclic) bond motifs is 1. The molecule has 11 heteroatoms. The summed E-state index contributed by atoms with van der Waals surface area (Å²) in [7, 11) is 0. The van der Waals surface area contributed by atoms with Gasteiger partial charge in [-0.2, -0.15) is 10.4 Å². The molecule has 1 fully saturated rings. The molecule has 1 amide bonds. The molecule has 4 rings (SSSR count). The Hall–Kier alpha value is -3.58. The lowest BCUT2D eigenvalue weighted by Crippen LogP contribution is -2.16. The average Bonchev–Trinajstić information content (AvgIpc) is 3.32. The molecule has 0 saturated carbocycles. The van der Waals surface area contributed by atoms with Crippen LogP contribution in [-0.2, 0) is 4.74 Å². The fourth-order valence-corrected chi connectivity index (χ4v) is 4.09. The number of nitrogens with zero attached hydrogens (tertiary/aromatic N) is 5. The first-order valence-corrected chi connectivity index (χ1v) is 10.0. The molecule has 2 aromatic heterocycles. The number of alkyl carbamates (subject to hydrolysis) is 1. The number of nitrogens with two attached hydrogens (primary N) is 1. The van der Waals surface area contributed by atoms with Crippen molar-refractivity contribution in [3.05, 3.63) is 39.8 Å². The molecule has 3 heterocycles. The van der Waals surface area contributed by atoms with Crippen LogP contribution in [0.5, 0.6) is 5.75 Å². The SMILES string of the molecule is CCOc1c(C(C)n2nc(C)c3c(N)ncnc32)cc(Cl)c(C#N)c1C1CNC(=O)O1. The number of anilines is 1. The number of amides is 1. The van der Waals surface area contributed by atoms with Crippen molar-refractivity contribution in [2.24, 2.45) is 0 Å². The molecule has 160 valence electrons. The summed E-state index contributed by atoms with van der Waals surface area (Å²) >= 11 is 6.49. The Labute approximate surface area is 182 Å². The summed E-state index contributed by atoms with van der Waals surface area (Å²) in [5.41, 5.74) is 8.59. The third kappa shape index (κ3) is 3.37. The number of carbonyl (C=O) groups is 1. The lowest BCUT2D eigenvalue weighted by molar-refractivity contribution is 0.138. The predicted molar refractivity (Wildman–Crippen MR) is 113 cm³/mol. The predicted octanol–water partition coefficient (Wildman–Crippen LogP) is 3.03. The van der Waals surface area contributed by atoms with Crippen LogP contribution in [0.2, 0.25) is 5.02 Å². The Morgan fingerprint density at radius 3 is 2.94 bits per heavy atom. The highest BCUT2D eigenvalue weighted by atomic mass is 35.5. The van der Waals surface area contributed by atoms with Gasteiger partial charge in [-0.05, 0) is 26.8 Å². The molecular weight excluding hydrogens is 422 g/mol. The lowest BCUT2D eigenvalue weighted by Gasteiger charge is -2.23. The van der Waals surface area contributed by atoms with Gasteiger partial charge in [0.2, 0.25) is 0 Å². The molecule has 0 radical (unpaired) electrons. The van der Waals surface area contributed by atoms with E-state index in [2.05, 4.69) is 26.5 Å². The van der Waals surface area contributed by atoms with E-state index in [1.54, 1.807) is 10.7 Å². The minimum absolute atomic E-state index is 0.204. The zero-order valence-electron chi connectivity index (χ0n) is 17.1. The molecular formula is C20H20ClN7O3. The van der Waals surface area contributed by atoms with E-state index in [0.717, 1.165) is 0 Å². The molecule has 1 aliphatic rings. The van der Waals surface area contributed by atoms with E-state index >= 15 is 0 Å². The summed E-state index contributed by atoms with van der Waals surface area (Å²) in [6.45, 7) is 6.11. The van der Waals surface area contributed by atoms with Crippen molar-refractivity contribution in [1.29, 1.82) is 5.26 Å². The number of hydrogen-bond acceptors (Lipinski definition) is 8. The number of benzene rings is 1. The van der Waals surface area contributed by atoms with Gasteiger partial charge in [0.15, 0.2) is 11.8 Å². The van der Waals surface area contributed by atoms with E-state index in [1.807, 2.05) is 20.8 Å². The lowest BCUT2D eigenvalue weighted by atomic mass is 9.95. The molecule has 31 heavy (non-hydrogen) atoms. The van der Waals surface area contributed by atoms with Crippen molar-refractivity contribution in [3.63, 3.8) is 0 Å². The van der Waals surface area contributed by atoms with Gasteiger partial charge in [-0.15, -0.1) is 0 Å². The molecule has 3 aromatic rings. The van der Waals surface area contributed by atoms with Crippen LogP contribution in [0.1, 0.15) is 48.4 Å². The Kier molecular flexibility index (Phi) is 5.29. The molecule has 0 bridgehead atoms. The maximum Gasteiger partial charge on any atom is 0.407 e. The monoisotopic (exact) mass is 441 g/mol. The normalized spacial score (nSPS) is 16.6. The number of rotatable bonds is 5.